The highest BCUT2D eigenvalue weighted by atomic mass is 16.5. The van der Waals surface area contributed by atoms with Crippen molar-refractivity contribution < 1.29 is 14.3 Å². The second-order valence-electron chi connectivity index (χ2n) is 4.90. The number of ether oxygens (including phenoxy) is 2. The predicted octanol–water partition coefficient (Wildman–Crippen LogP) is 3.62. The molecule has 19 heavy (non-hydrogen) atoms. The van der Waals surface area contributed by atoms with Crippen LogP contribution in [-0.2, 0) is 4.74 Å². The zero-order valence-electron chi connectivity index (χ0n) is 11.6. The minimum Gasteiger partial charge on any atom is -0.493 e. The van der Waals surface area contributed by atoms with E-state index >= 15 is 0 Å². The second kappa shape index (κ2) is 7.29. The van der Waals surface area contributed by atoms with E-state index in [1.54, 1.807) is 0 Å². The fraction of sp³-hybridized carbons (Fsp3) is 0.562. The number of hydrogen-bond donors (Lipinski definition) is 0. The van der Waals surface area contributed by atoms with Crippen LogP contribution in [0.4, 0.5) is 0 Å². The van der Waals surface area contributed by atoms with Gasteiger partial charge in [-0.25, -0.2) is 0 Å². The average molecular weight is 262 g/mol. The van der Waals surface area contributed by atoms with Crippen LogP contribution in [-0.4, -0.2) is 25.1 Å². The van der Waals surface area contributed by atoms with Crippen LogP contribution in [0.2, 0.25) is 0 Å². The van der Waals surface area contributed by atoms with E-state index in [4.69, 9.17) is 9.47 Å². The van der Waals surface area contributed by atoms with Crippen LogP contribution in [0.15, 0.2) is 24.3 Å². The zero-order valence-corrected chi connectivity index (χ0v) is 11.6. The van der Waals surface area contributed by atoms with E-state index < -0.39 is 0 Å². The maximum absolute atomic E-state index is 11.8. The molecule has 1 heterocycles. The summed E-state index contributed by atoms with van der Waals surface area (Å²) in [5.41, 5.74) is 0.696. The van der Waals surface area contributed by atoms with Gasteiger partial charge in [0.1, 0.15) is 5.75 Å². The lowest BCUT2D eigenvalue weighted by molar-refractivity contribution is 0.0962. The molecule has 1 atom stereocenters. The highest BCUT2D eigenvalue weighted by Gasteiger charge is 2.15. The maximum Gasteiger partial charge on any atom is 0.166 e. The fourth-order valence-corrected chi connectivity index (χ4v) is 2.38. The molecule has 0 saturated carbocycles. The predicted molar refractivity (Wildman–Crippen MR) is 74.8 cm³/mol. The standard InChI is InChI=1S/C16H22O3/c1-2-15(17)14-9-3-4-10-16(14)19-12-6-8-13-7-5-11-18-13/h3-4,9-10,13H,2,5-8,11-12H2,1H3. The Morgan fingerprint density at radius 2 is 2.26 bits per heavy atom. The van der Waals surface area contributed by atoms with Gasteiger partial charge in [-0.1, -0.05) is 19.1 Å². The van der Waals surface area contributed by atoms with Crippen molar-refractivity contribution >= 4 is 5.78 Å². The third-order valence-electron chi connectivity index (χ3n) is 3.46. The summed E-state index contributed by atoms with van der Waals surface area (Å²) in [6, 6.07) is 7.49. The van der Waals surface area contributed by atoms with Crippen molar-refractivity contribution in [3.8, 4) is 5.75 Å². The Bertz CT molecular complexity index is 408. The summed E-state index contributed by atoms with van der Waals surface area (Å²) >= 11 is 0. The van der Waals surface area contributed by atoms with E-state index in [2.05, 4.69) is 0 Å². The summed E-state index contributed by atoms with van der Waals surface area (Å²) in [7, 11) is 0. The summed E-state index contributed by atoms with van der Waals surface area (Å²) in [5, 5.41) is 0. The van der Waals surface area contributed by atoms with Gasteiger partial charge < -0.3 is 9.47 Å². The van der Waals surface area contributed by atoms with Crippen LogP contribution in [0, 0.1) is 0 Å². The zero-order chi connectivity index (χ0) is 13.5. The van der Waals surface area contributed by atoms with Crippen LogP contribution < -0.4 is 4.74 Å². The molecule has 0 spiro atoms. The molecule has 104 valence electrons. The minimum absolute atomic E-state index is 0.134. The van der Waals surface area contributed by atoms with Crippen molar-refractivity contribution in [3.63, 3.8) is 0 Å². The molecule has 0 aromatic heterocycles. The summed E-state index contributed by atoms with van der Waals surface area (Å²) in [6.45, 7) is 3.42. The third-order valence-corrected chi connectivity index (χ3v) is 3.46. The van der Waals surface area contributed by atoms with E-state index in [1.807, 2.05) is 31.2 Å². The lowest BCUT2D eigenvalue weighted by atomic mass is 10.1. The molecule has 0 bridgehead atoms. The van der Waals surface area contributed by atoms with Gasteiger partial charge in [0, 0.05) is 13.0 Å². The number of ketones is 1. The Kier molecular flexibility index (Phi) is 5.40. The monoisotopic (exact) mass is 262 g/mol. The van der Waals surface area contributed by atoms with E-state index in [9.17, 15) is 4.79 Å². The first-order valence-corrected chi connectivity index (χ1v) is 7.18. The van der Waals surface area contributed by atoms with Crippen molar-refractivity contribution in [2.75, 3.05) is 13.2 Å². The van der Waals surface area contributed by atoms with E-state index in [0.717, 1.165) is 19.4 Å². The summed E-state index contributed by atoms with van der Waals surface area (Å²) in [4.78, 5) is 11.8. The van der Waals surface area contributed by atoms with Gasteiger partial charge in [0.2, 0.25) is 0 Å². The number of carbonyl (C=O) groups excluding carboxylic acids is 1. The topological polar surface area (TPSA) is 35.5 Å². The highest BCUT2D eigenvalue weighted by molar-refractivity contribution is 5.98. The van der Waals surface area contributed by atoms with Gasteiger partial charge >= 0.3 is 0 Å². The number of benzene rings is 1. The Hall–Kier alpha value is -1.35. The molecule has 0 N–H and O–H groups in total. The van der Waals surface area contributed by atoms with Gasteiger partial charge in [-0.15, -0.1) is 0 Å². The molecular weight excluding hydrogens is 240 g/mol. The minimum atomic E-state index is 0.134. The van der Waals surface area contributed by atoms with Gasteiger partial charge in [0.05, 0.1) is 18.3 Å². The molecule has 0 radical (unpaired) electrons. The average Bonchev–Trinajstić information content (AvgIpc) is 2.96. The molecule has 0 amide bonds. The highest BCUT2D eigenvalue weighted by Crippen LogP contribution is 2.21. The van der Waals surface area contributed by atoms with Crippen molar-refractivity contribution in [2.45, 2.75) is 45.1 Å². The van der Waals surface area contributed by atoms with E-state index in [0.29, 0.717) is 30.4 Å². The van der Waals surface area contributed by atoms with Gasteiger partial charge in [-0.05, 0) is 37.8 Å². The lowest BCUT2D eigenvalue weighted by Gasteiger charge is -2.12. The van der Waals surface area contributed by atoms with Crippen LogP contribution >= 0.6 is 0 Å². The maximum atomic E-state index is 11.8. The van der Waals surface area contributed by atoms with Crippen molar-refractivity contribution in [1.29, 1.82) is 0 Å². The molecule has 2 rings (SSSR count). The molecule has 1 aromatic carbocycles. The normalized spacial score (nSPS) is 18.5. The molecule has 3 heteroatoms. The number of hydrogen-bond acceptors (Lipinski definition) is 3. The Morgan fingerprint density at radius 3 is 3.00 bits per heavy atom. The van der Waals surface area contributed by atoms with E-state index in [1.165, 1.54) is 12.8 Å². The molecule has 1 aliphatic heterocycles. The second-order valence-corrected chi connectivity index (χ2v) is 4.90. The number of rotatable bonds is 7. The van der Waals surface area contributed by atoms with Crippen LogP contribution in [0.1, 0.15) is 49.4 Å². The van der Waals surface area contributed by atoms with Gasteiger partial charge in [0.15, 0.2) is 5.78 Å². The van der Waals surface area contributed by atoms with Gasteiger partial charge in [-0.2, -0.15) is 0 Å². The summed E-state index contributed by atoms with van der Waals surface area (Å²) < 4.78 is 11.3. The van der Waals surface area contributed by atoms with Crippen molar-refractivity contribution in [1.82, 2.24) is 0 Å². The fourth-order valence-electron chi connectivity index (χ4n) is 2.38. The molecule has 3 nitrogen and oxygen atoms in total. The van der Waals surface area contributed by atoms with Crippen molar-refractivity contribution in [3.05, 3.63) is 29.8 Å². The first kappa shape index (κ1) is 14.1. The third kappa shape index (κ3) is 4.06. The molecule has 1 fully saturated rings. The molecule has 0 aliphatic carbocycles. The van der Waals surface area contributed by atoms with E-state index in [-0.39, 0.29) is 5.78 Å². The summed E-state index contributed by atoms with van der Waals surface area (Å²) in [6.07, 6.45) is 5.29. The Morgan fingerprint density at radius 1 is 1.42 bits per heavy atom. The Balaban J connectivity index is 1.80. The van der Waals surface area contributed by atoms with Gasteiger partial charge in [0.25, 0.3) is 0 Å². The molecule has 1 unspecified atom stereocenters. The van der Waals surface area contributed by atoms with Crippen LogP contribution in [0.3, 0.4) is 0 Å². The molecular formula is C16H22O3. The first-order chi connectivity index (χ1) is 9.31. The Labute approximate surface area is 114 Å². The molecule has 1 saturated heterocycles. The molecule has 1 aromatic rings. The smallest absolute Gasteiger partial charge is 0.166 e. The molecule has 1 aliphatic rings. The van der Waals surface area contributed by atoms with Gasteiger partial charge in [-0.3, -0.25) is 4.79 Å². The van der Waals surface area contributed by atoms with Crippen molar-refractivity contribution in [2.24, 2.45) is 0 Å². The largest absolute Gasteiger partial charge is 0.493 e. The number of carbonyl (C=O) groups is 1. The van der Waals surface area contributed by atoms with Crippen LogP contribution in [0.5, 0.6) is 5.75 Å². The first-order valence-electron chi connectivity index (χ1n) is 7.18. The SMILES string of the molecule is CCC(=O)c1ccccc1OCCCC1CCCO1. The van der Waals surface area contributed by atoms with Crippen LogP contribution in [0.25, 0.3) is 0 Å². The number of Topliss-reactive ketones (excluding diaryl/α,β-unsaturated/α-hetero) is 1. The lowest BCUT2D eigenvalue weighted by Crippen LogP contribution is -2.09. The summed E-state index contributed by atoms with van der Waals surface area (Å²) in [5.74, 6) is 0.844. The quantitative estimate of drug-likeness (QED) is 0.556. The number of para-hydroxylation sites is 1.